The molecule has 0 atom stereocenters. The predicted octanol–water partition coefficient (Wildman–Crippen LogP) is 1.25. The summed E-state index contributed by atoms with van der Waals surface area (Å²) in [6.45, 7) is 2.53. The third kappa shape index (κ3) is 1.02. The maximum atomic E-state index is 5.05. The Morgan fingerprint density at radius 1 is 1.67 bits per heavy atom. The van der Waals surface area contributed by atoms with Crippen molar-refractivity contribution in [2.75, 3.05) is 7.11 Å². The minimum atomic E-state index is 0.566. The average molecular weight is 183 g/mol. The molecule has 0 saturated heterocycles. The van der Waals surface area contributed by atoms with Crippen molar-refractivity contribution in [3.63, 3.8) is 0 Å². The molecule has 2 aromatic heterocycles. The lowest BCUT2D eigenvalue weighted by Crippen LogP contribution is -1.96. The van der Waals surface area contributed by atoms with Crippen molar-refractivity contribution in [2.45, 2.75) is 13.5 Å². The monoisotopic (exact) mass is 183 g/mol. The molecule has 2 aromatic rings. The van der Waals surface area contributed by atoms with E-state index in [0.717, 1.165) is 16.3 Å². The van der Waals surface area contributed by atoms with Crippen LogP contribution in [0.15, 0.2) is 5.51 Å². The molecule has 12 heavy (non-hydrogen) atoms. The van der Waals surface area contributed by atoms with Crippen LogP contribution in [-0.2, 0) is 11.3 Å². The second-order valence-corrected chi connectivity index (χ2v) is 3.32. The van der Waals surface area contributed by atoms with Gasteiger partial charge >= 0.3 is 0 Å². The van der Waals surface area contributed by atoms with Crippen LogP contribution in [0.1, 0.15) is 11.4 Å². The van der Waals surface area contributed by atoms with Gasteiger partial charge in [-0.2, -0.15) is 5.10 Å². The standard InChI is InChI=1S/C7H9N3OS/c1-5-6(3-11-2)10-7(9-5)12-4-8-10/h4H,3H2,1-2H3. The summed E-state index contributed by atoms with van der Waals surface area (Å²) in [5, 5.41) is 4.15. The van der Waals surface area contributed by atoms with E-state index in [4.69, 9.17) is 4.74 Å². The van der Waals surface area contributed by atoms with Crippen molar-refractivity contribution in [1.82, 2.24) is 14.6 Å². The molecule has 2 heterocycles. The van der Waals surface area contributed by atoms with Crippen LogP contribution in [0.4, 0.5) is 0 Å². The summed E-state index contributed by atoms with van der Waals surface area (Å²) >= 11 is 1.53. The first-order valence-corrected chi connectivity index (χ1v) is 4.47. The Labute approximate surface area is 73.8 Å². The molecular formula is C7H9N3OS. The lowest BCUT2D eigenvalue weighted by Gasteiger charge is -1.96. The SMILES string of the molecule is COCc1c(C)nc2scnn12. The van der Waals surface area contributed by atoms with E-state index in [2.05, 4.69) is 10.1 Å². The van der Waals surface area contributed by atoms with Crippen molar-refractivity contribution < 1.29 is 4.74 Å². The fourth-order valence-corrected chi connectivity index (χ4v) is 1.82. The summed E-state index contributed by atoms with van der Waals surface area (Å²) in [4.78, 5) is 5.26. The normalized spacial score (nSPS) is 11.2. The first-order valence-electron chi connectivity index (χ1n) is 3.59. The molecule has 0 radical (unpaired) electrons. The van der Waals surface area contributed by atoms with Crippen LogP contribution >= 0.6 is 11.3 Å². The smallest absolute Gasteiger partial charge is 0.212 e. The van der Waals surface area contributed by atoms with E-state index in [1.807, 2.05) is 11.4 Å². The Morgan fingerprint density at radius 3 is 3.25 bits per heavy atom. The topological polar surface area (TPSA) is 39.4 Å². The van der Waals surface area contributed by atoms with Gasteiger partial charge in [0.1, 0.15) is 5.51 Å². The quantitative estimate of drug-likeness (QED) is 0.703. The van der Waals surface area contributed by atoms with Crippen LogP contribution in [0.25, 0.3) is 4.96 Å². The van der Waals surface area contributed by atoms with Gasteiger partial charge in [-0.3, -0.25) is 0 Å². The van der Waals surface area contributed by atoms with E-state index in [-0.39, 0.29) is 0 Å². The maximum absolute atomic E-state index is 5.05. The minimum absolute atomic E-state index is 0.566. The number of imidazole rings is 1. The molecule has 0 aromatic carbocycles. The molecule has 0 fully saturated rings. The highest BCUT2D eigenvalue weighted by Crippen LogP contribution is 2.14. The first kappa shape index (κ1) is 7.70. The van der Waals surface area contributed by atoms with Gasteiger partial charge in [0.25, 0.3) is 0 Å². The van der Waals surface area contributed by atoms with Crippen LogP contribution in [0.3, 0.4) is 0 Å². The summed E-state index contributed by atoms with van der Waals surface area (Å²) in [7, 11) is 1.67. The Bertz CT molecular complexity index is 392. The molecule has 64 valence electrons. The van der Waals surface area contributed by atoms with Crippen LogP contribution in [0.2, 0.25) is 0 Å². The highest BCUT2D eigenvalue weighted by molar-refractivity contribution is 7.14. The number of methoxy groups -OCH3 is 1. The second-order valence-electron chi connectivity index (χ2n) is 2.51. The van der Waals surface area contributed by atoms with Gasteiger partial charge in [-0.05, 0) is 6.92 Å². The van der Waals surface area contributed by atoms with E-state index in [1.54, 1.807) is 12.6 Å². The van der Waals surface area contributed by atoms with Crippen molar-refractivity contribution in [3.05, 3.63) is 16.9 Å². The molecular weight excluding hydrogens is 174 g/mol. The van der Waals surface area contributed by atoms with Crippen molar-refractivity contribution in [3.8, 4) is 0 Å². The summed E-state index contributed by atoms with van der Waals surface area (Å²) in [6, 6.07) is 0. The molecule has 0 bridgehead atoms. The van der Waals surface area contributed by atoms with Crippen molar-refractivity contribution >= 4 is 16.3 Å². The number of rotatable bonds is 2. The van der Waals surface area contributed by atoms with Gasteiger partial charge in [-0.25, -0.2) is 9.50 Å². The Hall–Kier alpha value is -0.940. The average Bonchev–Trinajstić information content (AvgIpc) is 2.56. The zero-order chi connectivity index (χ0) is 8.55. The maximum Gasteiger partial charge on any atom is 0.212 e. The number of fused-ring (bicyclic) bond motifs is 1. The summed E-state index contributed by atoms with van der Waals surface area (Å²) < 4.78 is 6.87. The number of hydrogen-bond acceptors (Lipinski definition) is 4. The molecule has 0 aliphatic heterocycles. The van der Waals surface area contributed by atoms with Crippen LogP contribution < -0.4 is 0 Å². The van der Waals surface area contributed by atoms with Gasteiger partial charge in [-0.15, -0.1) is 0 Å². The predicted molar refractivity (Wildman–Crippen MR) is 46.3 cm³/mol. The largest absolute Gasteiger partial charge is 0.378 e. The van der Waals surface area contributed by atoms with Gasteiger partial charge in [0.2, 0.25) is 4.96 Å². The number of nitrogens with zero attached hydrogens (tertiary/aromatic N) is 3. The van der Waals surface area contributed by atoms with Gasteiger partial charge in [0, 0.05) is 7.11 Å². The molecule has 0 aliphatic carbocycles. The fraction of sp³-hybridized carbons (Fsp3) is 0.429. The van der Waals surface area contributed by atoms with E-state index in [9.17, 15) is 0 Å². The molecule has 4 nitrogen and oxygen atoms in total. The molecule has 0 aliphatic rings. The number of hydrogen-bond donors (Lipinski definition) is 0. The van der Waals surface area contributed by atoms with E-state index in [1.165, 1.54) is 11.3 Å². The molecule has 0 spiro atoms. The van der Waals surface area contributed by atoms with Crippen LogP contribution in [0, 0.1) is 6.92 Å². The molecule has 0 N–H and O–H groups in total. The fourth-order valence-electron chi connectivity index (χ4n) is 1.14. The summed E-state index contributed by atoms with van der Waals surface area (Å²) in [5.74, 6) is 0. The zero-order valence-corrected chi connectivity index (χ0v) is 7.76. The van der Waals surface area contributed by atoms with Gasteiger partial charge < -0.3 is 4.74 Å². The number of ether oxygens (including phenoxy) is 1. The number of aromatic nitrogens is 3. The van der Waals surface area contributed by atoms with Gasteiger partial charge in [0.15, 0.2) is 0 Å². The van der Waals surface area contributed by atoms with Crippen molar-refractivity contribution in [2.24, 2.45) is 0 Å². The van der Waals surface area contributed by atoms with Gasteiger partial charge in [-0.1, -0.05) is 11.3 Å². The zero-order valence-electron chi connectivity index (χ0n) is 6.94. The third-order valence-corrected chi connectivity index (χ3v) is 2.39. The molecule has 5 heteroatoms. The lowest BCUT2D eigenvalue weighted by atomic mass is 10.4. The minimum Gasteiger partial charge on any atom is -0.378 e. The van der Waals surface area contributed by atoms with E-state index >= 15 is 0 Å². The van der Waals surface area contributed by atoms with E-state index in [0.29, 0.717) is 6.61 Å². The highest BCUT2D eigenvalue weighted by Gasteiger charge is 2.09. The highest BCUT2D eigenvalue weighted by atomic mass is 32.1. The summed E-state index contributed by atoms with van der Waals surface area (Å²) in [5.41, 5.74) is 3.81. The lowest BCUT2D eigenvalue weighted by molar-refractivity contribution is 0.179. The van der Waals surface area contributed by atoms with Crippen LogP contribution in [0.5, 0.6) is 0 Å². The number of aryl methyl sites for hydroxylation is 1. The first-order chi connectivity index (χ1) is 5.83. The Balaban J connectivity index is 2.59. The Morgan fingerprint density at radius 2 is 2.50 bits per heavy atom. The summed E-state index contributed by atoms with van der Waals surface area (Å²) in [6.07, 6.45) is 0. The van der Waals surface area contributed by atoms with Crippen LogP contribution in [-0.4, -0.2) is 21.7 Å². The van der Waals surface area contributed by atoms with Gasteiger partial charge in [0.05, 0.1) is 18.0 Å². The molecule has 0 amide bonds. The van der Waals surface area contributed by atoms with Crippen molar-refractivity contribution in [1.29, 1.82) is 0 Å². The molecule has 2 rings (SSSR count). The third-order valence-electron chi connectivity index (χ3n) is 1.72. The molecule has 0 saturated carbocycles. The molecule has 0 unspecified atom stereocenters. The Kier molecular flexibility index (Phi) is 1.82. The second kappa shape index (κ2) is 2.84. The van der Waals surface area contributed by atoms with E-state index < -0.39 is 0 Å².